The number of aromatic nitrogens is 2. The van der Waals surface area contributed by atoms with Crippen LogP contribution in [0.5, 0.6) is 0 Å². The van der Waals surface area contributed by atoms with E-state index in [9.17, 15) is 4.79 Å². The summed E-state index contributed by atoms with van der Waals surface area (Å²) < 4.78 is 4.91. The van der Waals surface area contributed by atoms with Crippen LogP contribution in [0, 0.1) is 29.6 Å². The average Bonchev–Trinajstić information content (AvgIpc) is 2.79. The first kappa shape index (κ1) is 21.0. The molecule has 8 heteroatoms. The second kappa shape index (κ2) is 9.68. The van der Waals surface area contributed by atoms with Gasteiger partial charge in [0.15, 0.2) is 0 Å². The van der Waals surface area contributed by atoms with E-state index in [1.165, 1.54) is 13.2 Å². The van der Waals surface area contributed by atoms with E-state index >= 15 is 0 Å². The van der Waals surface area contributed by atoms with Crippen molar-refractivity contribution in [1.82, 2.24) is 9.97 Å². The summed E-state index contributed by atoms with van der Waals surface area (Å²) in [7, 11) is 1.31. The first-order valence-electron chi connectivity index (χ1n) is 9.20. The fourth-order valence-electron chi connectivity index (χ4n) is 2.86. The quantitative estimate of drug-likeness (QED) is 0.451. The summed E-state index contributed by atoms with van der Waals surface area (Å²) in [6, 6.07) is 16.1. The maximum absolute atomic E-state index is 12.3. The van der Waals surface area contributed by atoms with Crippen molar-refractivity contribution in [1.29, 1.82) is 10.5 Å². The zero-order valence-electron chi connectivity index (χ0n) is 16.9. The highest BCUT2D eigenvalue weighted by Crippen LogP contribution is 2.28. The first-order valence-corrected chi connectivity index (χ1v) is 9.20. The maximum atomic E-state index is 12.3. The molecule has 8 nitrogen and oxygen atoms in total. The van der Waals surface area contributed by atoms with Crippen LogP contribution in [-0.4, -0.2) is 23.0 Å². The van der Waals surface area contributed by atoms with Crippen LogP contribution in [0.4, 0.5) is 23.1 Å². The summed E-state index contributed by atoms with van der Waals surface area (Å²) in [6.07, 6.45) is 4.54. The smallest absolute Gasteiger partial charge is 0.340 e. The molecule has 0 saturated heterocycles. The van der Waals surface area contributed by atoms with Crippen molar-refractivity contribution in [2.24, 2.45) is 0 Å². The summed E-state index contributed by atoms with van der Waals surface area (Å²) in [5.41, 5.74) is 3.64. The number of esters is 1. The minimum absolute atomic E-state index is 0.320. The number of hydrogen-bond donors (Lipinski definition) is 2. The monoisotopic (exact) mass is 410 g/mol. The van der Waals surface area contributed by atoms with Gasteiger partial charge in [0.1, 0.15) is 5.82 Å². The van der Waals surface area contributed by atoms with Gasteiger partial charge in [-0.15, -0.1) is 0 Å². The summed E-state index contributed by atoms with van der Waals surface area (Å²) in [6.45, 7) is 1.84. The highest BCUT2D eigenvalue weighted by molar-refractivity contribution is 5.98. The highest BCUT2D eigenvalue weighted by Gasteiger charge is 2.16. The lowest BCUT2D eigenvalue weighted by atomic mass is 10.0. The Kier molecular flexibility index (Phi) is 6.57. The van der Waals surface area contributed by atoms with E-state index in [4.69, 9.17) is 15.3 Å². The molecular weight excluding hydrogens is 392 g/mol. The van der Waals surface area contributed by atoms with Gasteiger partial charge >= 0.3 is 5.97 Å². The lowest BCUT2D eigenvalue weighted by Crippen LogP contribution is -2.09. The normalized spacial score (nSPS) is 10.2. The zero-order chi connectivity index (χ0) is 22.2. The number of methoxy groups -OCH3 is 1. The lowest BCUT2D eigenvalue weighted by molar-refractivity contribution is 0.0601. The highest BCUT2D eigenvalue weighted by atomic mass is 16.5. The van der Waals surface area contributed by atoms with Gasteiger partial charge in [-0.3, -0.25) is 0 Å². The number of nitriles is 2. The third kappa shape index (κ3) is 5.22. The van der Waals surface area contributed by atoms with Gasteiger partial charge in [-0.1, -0.05) is 0 Å². The van der Waals surface area contributed by atoms with E-state index in [0.717, 1.165) is 11.3 Å². The summed E-state index contributed by atoms with van der Waals surface area (Å²) >= 11 is 0. The predicted octanol–water partition coefficient (Wildman–Crippen LogP) is 4.47. The van der Waals surface area contributed by atoms with Crippen molar-refractivity contribution >= 4 is 35.2 Å². The molecule has 31 heavy (non-hydrogen) atoms. The fourth-order valence-corrected chi connectivity index (χ4v) is 2.86. The van der Waals surface area contributed by atoms with Crippen molar-refractivity contribution in [3.8, 4) is 12.1 Å². The Labute approximate surface area is 179 Å². The summed E-state index contributed by atoms with van der Waals surface area (Å²) in [5.74, 6) is 0.308. The second-order valence-electron chi connectivity index (χ2n) is 6.42. The number of anilines is 4. The van der Waals surface area contributed by atoms with Crippen molar-refractivity contribution in [3.63, 3.8) is 0 Å². The fraction of sp³-hybridized carbons (Fsp3) is 0.0870. The van der Waals surface area contributed by atoms with Crippen molar-refractivity contribution in [2.75, 3.05) is 17.7 Å². The number of allylic oxidation sites excluding steroid dienone is 1. The number of carbonyl (C=O) groups excluding carboxylic acids is 1. The number of ether oxygens (including phenoxy) is 1. The second-order valence-corrected chi connectivity index (χ2v) is 6.42. The number of nitrogens with zero attached hydrogens (tertiary/aromatic N) is 4. The van der Waals surface area contributed by atoms with E-state index in [1.54, 1.807) is 48.7 Å². The molecule has 0 aliphatic rings. The zero-order valence-corrected chi connectivity index (χ0v) is 16.9. The summed E-state index contributed by atoms with van der Waals surface area (Å²) in [5, 5.41) is 23.9. The molecule has 0 atom stereocenters. The number of benzene rings is 2. The number of aryl methyl sites for hydroxylation is 1. The van der Waals surface area contributed by atoms with Gasteiger partial charge in [0, 0.05) is 18.0 Å². The molecule has 0 unspecified atom stereocenters. The molecule has 0 spiro atoms. The van der Waals surface area contributed by atoms with Gasteiger partial charge in [-0.05, 0) is 66.6 Å². The molecule has 2 N–H and O–H groups in total. The molecule has 1 heterocycles. The molecule has 0 fully saturated rings. The maximum Gasteiger partial charge on any atom is 0.340 e. The number of hydrogen-bond acceptors (Lipinski definition) is 8. The van der Waals surface area contributed by atoms with Gasteiger partial charge in [-0.2, -0.15) is 15.5 Å². The molecule has 0 amide bonds. The molecular formula is C23H18N6O2. The molecule has 152 valence electrons. The van der Waals surface area contributed by atoms with Crippen molar-refractivity contribution < 1.29 is 9.53 Å². The molecule has 0 aliphatic carbocycles. The van der Waals surface area contributed by atoms with Gasteiger partial charge in [0.2, 0.25) is 5.95 Å². The van der Waals surface area contributed by atoms with Crippen molar-refractivity contribution in [3.05, 3.63) is 77.0 Å². The number of carbonyl (C=O) groups is 1. The van der Waals surface area contributed by atoms with E-state index in [-0.39, 0.29) is 0 Å². The van der Waals surface area contributed by atoms with E-state index in [2.05, 4.69) is 26.7 Å². The minimum atomic E-state index is -0.511. The number of nitrogens with one attached hydrogen (secondary N) is 2. The largest absolute Gasteiger partial charge is 0.465 e. The van der Waals surface area contributed by atoms with E-state index in [1.807, 2.05) is 19.1 Å². The predicted molar refractivity (Wildman–Crippen MR) is 117 cm³/mol. The molecule has 1 aromatic heterocycles. The molecule has 0 saturated carbocycles. The Bertz CT molecular complexity index is 1220. The van der Waals surface area contributed by atoms with Crippen LogP contribution < -0.4 is 10.6 Å². The van der Waals surface area contributed by atoms with Crippen LogP contribution in [0.3, 0.4) is 0 Å². The molecule has 0 radical (unpaired) electrons. The van der Waals surface area contributed by atoms with E-state index < -0.39 is 5.97 Å². The van der Waals surface area contributed by atoms with Crippen LogP contribution in [0.25, 0.3) is 6.08 Å². The van der Waals surface area contributed by atoms with Crippen LogP contribution in [-0.2, 0) is 4.74 Å². The van der Waals surface area contributed by atoms with Gasteiger partial charge in [0.25, 0.3) is 0 Å². The third-order valence-electron chi connectivity index (χ3n) is 4.29. The third-order valence-corrected chi connectivity index (χ3v) is 4.29. The van der Waals surface area contributed by atoms with Crippen LogP contribution in [0.2, 0.25) is 0 Å². The van der Waals surface area contributed by atoms with Crippen LogP contribution >= 0.6 is 0 Å². The SMILES string of the molecule is COC(=O)c1cc(/C=C/C#N)cc(C)c1Nc1ccnc(Nc2ccc(C#N)cc2)n1. The molecule has 2 aromatic carbocycles. The topological polar surface area (TPSA) is 124 Å². The van der Waals surface area contributed by atoms with Crippen LogP contribution in [0.1, 0.15) is 27.0 Å². The number of rotatable bonds is 6. The minimum Gasteiger partial charge on any atom is -0.465 e. The summed E-state index contributed by atoms with van der Waals surface area (Å²) in [4.78, 5) is 21.0. The van der Waals surface area contributed by atoms with Gasteiger partial charge in [0.05, 0.1) is 36.1 Å². The Balaban J connectivity index is 1.90. The van der Waals surface area contributed by atoms with Crippen LogP contribution in [0.15, 0.2) is 54.7 Å². The molecule has 3 aromatic rings. The Morgan fingerprint density at radius 2 is 1.90 bits per heavy atom. The Hall–Kier alpha value is -4.69. The first-order chi connectivity index (χ1) is 15.0. The van der Waals surface area contributed by atoms with Gasteiger partial charge in [-0.25, -0.2) is 9.78 Å². The van der Waals surface area contributed by atoms with Crippen molar-refractivity contribution in [2.45, 2.75) is 6.92 Å². The Morgan fingerprint density at radius 1 is 1.13 bits per heavy atom. The lowest BCUT2D eigenvalue weighted by Gasteiger charge is -2.15. The standard InChI is InChI=1S/C23H18N6O2/c1-15-12-17(4-3-10-24)13-19(22(30)31-2)21(15)28-20-9-11-26-23(29-20)27-18-7-5-16(14-25)6-8-18/h3-9,11-13H,1-2H3,(H2,26,27,28,29)/b4-3+. The van der Waals surface area contributed by atoms with Gasteiger partial charge < -0.3 is 15.4 Å². The van der Waals surface area contributed by atoms with E-state index in [0.29, 0.717) is 34.1 Å². The Morgan fingerprint density at radius 3 is 2.58 bits per heavy atom. The molecule has 0 aliphatic heterocycles. The molecule has 0 bridgehead atoms. The molecule has 3 rings (SSSR count). The average molecular weight is 410 g/mol.